The molecule has 2 aromatic carbocycles. The zero-order valence-corrected chi connectivity index (χ0v) is 15.3. The van der Waals surface area contributed by atoms with Crippen molar-refractivity contribution in [1.82, 2.24) is 4.90 Å². The van der Waals surface area contributed by atoms with E-state index in [9.17, 15) is 14.4 Å². The Morgan fingerprint density at radius 3 is 2.33 bits per heavy atom. The maximum atomic E-state index is 13.5. The van der Waals surface area contributed by atoms with E-state index in [4.69, 9.17) is 4.74 Å². The summed E-state index contributed by atoms with van der Waals surface area (Å²) < 4.78 is 5.60. The Hall–Kier alpha value is -3.15. The Labute approximate surface area is 157 Å². The minimum Gasteiger partial charge on any atom is -0.421 e. The van der Waals surface area contributed by atoms with Crippen LogP contribution < -0.4 is 4.90 Å². The van der Waals surface area contributed by atoms with E-state index < -0.39 is 23.6 Å². The van der Waals surface area contributed by atoms with Gasteiger partial charge in [-0.3, -0.25) is 9.69 Å². The maximum Gasteiger partial charge on any atom is 0.341 e. The highest BCUT2D eigenvalue weighted by atomic mass is 16.6. The Morgan fingerprint density at radius 1 is 0.963 bits per heavy atom. The van der Waals surface area contributed by atoms with E-state index in [1.165, 1.54) is 4.90 Å². The van der Waals surface area contributed by atoms with Gasteiger partial charge in [-0.1, -0.05) is 44.2 Å². The second kappa shape index (κ2) is 6.23. The van der Waals surface area contributed by atoms with Gasteiger partial charge >= 0.3 is 17.9 Å². The van der Waals surface area contributed by atoms with Gasteiger partial charge in [0.1, 0.15) is 0 Å². The van der Waals surface area contributed by atoms with Crippen LogP contribution in [0.25, 0.3) is 0 Å². The van der Waals surface area contributed by atoms with E-state index in [0.29, 0.717) is 29.8 Å². The van der Waals surface area contributed by atoms with E-state index in [0.717, 1.165) is 16.9 Å². The molecule has 4 rings (SSSR count). The van der Waals surface area contributed by atoms with Gasteiger partial charge in [0.2, 0.25) is 0 Å². The van der Waals surface area contributed by atoms with Gasteiger partial charge in [0, 0.05) is 12.1 Å². The lowest BCUT2D eigenvalue weighted by Crippen LogP contribution is -2.47. The molecule has 0 saturated carbocycles. The standard InChI is InChI=1S/C21H20N2O4/c1-3-13-22-20(26)23(15-11-9-14(4-2)10-12-15)19(25)21(22)17-8-6-5-7-16(17)18(24)27-21/h5-12H,3-4,13H2,1-2H3. The van der Waals surface area contributed by atoms with Crippen LogP contribution in [-0.2, 0) is 21.7 Å². The first-order valence-corrected chi connectivity index (χ1v) is 9.12. The Bertz CT molecular complexity index is 937. The lowest BCUT2D eigenvalue weighted by atomic mass is 9.98. The van der Waals surface area contributed by atoms with E-state index in [1.807, 2.05) is 26.0 Å². The summed E-state index contributed by atoms with van der Waals surface area (Å²) in [6, 6.07) is 13.6. The van der Waals surface area contributed by atoms with E-state index in [-0.39, 0.29) is 0 Å². The molecule has 6 nitrogen and oxygen atoms in total. The van der Waals surface area contributed by atoms with Crippen LogP contribution in [0.1, 0.15) is 41.8 Å². The van der Waals surface area contributed by atoms with Crippen molar-refractivity contribution in [3.8, 4) is 0 Å². The van der Waals surface area contributed by atoms with Crippen molar-refractivity contribution in [1.29, 1.82) is 0 Å². The molecule has 6 heteroatoms. The average Bonchev–Trinajstić information content (AvgIpc) is 3.10. The van der Waals surface area contributed by atoms with Gasteiger partial charge in [-0.2, -0.15) is 0 Å². The quantitative estimate of drug-likeness (QED) is 0.616. The number of nitrogens with zero attached hydrogens (tertiary/aromatic N) is 2. The summed E-state index contributed by atoms with van der Waals surface area (Å²) in [4.78, 5) is 41.6. The molecule has 0 aromatic heterocycles. The molecule has 2 heterocycles. The summed E-state index contributed by atoms with van der Waals surface area (Å²) in [6.07, 6.45) is 1.49. The molecule has 2 aliphatic heterocycles. The van der Waals surface area contributed by atoms with Crippen molar-refractivity contribution in [3.05, 3.63) is 65.2 Å². The number of rotatable bonds is 4. The molecular weight excluding hydrogens is 344 g/mol. The SMILES string of the molecule is CCCN1C(=O)N(c2ccc(CC)cc2)C(=O)C12OC(=O)c1ccccc12. The number of imide groups is 1. The normalized spacial score (nSPS) is 21.2. The van der Waals surface area contributed by atoms with Crippen LogP contribution in [0.15, 0.2) is 48.5 Å². The number of aryl methyl sites for hydroxylation is 1. The van der Waals surface area contributed by atoms with Crippen molar-refractivity contribution in [2.24, 2.45) is 0 Å². The first kappa shape index (κ1) is 17.3. The second-order valence-corrected chi connectivity index (χ2v) is 6.67. The monoisotopic (exact) mass is 364 g/mol. The molecule has 1 saturated heterocycles. The number of carbonyl (C=O) groups excluding carboxylic acids is 3. The topological polar surface area (TPSA) is 66.9 Å². The summed E-state index contributed by atoms with van der Waals surface area (Å²) in [5.41, 5.74) is 0.609. The third kappa shape index (κ3) is 2.29. The third-order valence-electron chi connectivity index (χ3n) is 5.10. The van der Waals surface area contributed by atoms with Crippen LogP contribution in [0.5, 0.6) is 0 Å². The molecule has 27 heavy (non-hydrogen) atoms. The number of hydrogen-bond donors (Lipinski definition) is 0. The second-order valence-electron chi connectivity index (χ2n) is 6.67. The molecule has 0 aliphatic carbocycles. The Morgan fingerprint density at radius 2 is 1.67 bits per heavy atom. The summed E-state index contributed by atoms with van der Waals surface area (Å²) in [5.74, 6) is -1.14. The smallest absolute Gasteiger partial charge is 0.341 e. The van der Waals surface area contributed by atoms with Crippen molar-refractivity contribution in [3.63, 3.8) is 0 Å². The molecular formula is C21H20N2O4. The van der Waals surface area contributed by atoms with E-state index >= 15 is 0 Å². The first-order valence-electron chi connectivity index (χ1n) is 9.12. The molecule has 3 amide bonds. The fourth-order valence-electron chi connectivity index (χ4n) is 3.75. The number of carbonyl (C=O) groups is 3. The summed E-state index contributed by atoms with van der Waals surface area (Å²) >= 11 is 0. The molecule has 0 N–H and O–H groups in total. The molecule has 1 atom stereocenters. The lowest BCUT2D eigenvalue weighted by Gasteiger charge is -2.30. The molecule has 1 spiro atoms. The zero-order valence-electron chi connectivity index (χ0n) is 15.3. The number of amides is 3. The largest absolute Gasteiger partial charge is 0.421 e. The predicted octanol–water partition coefficient (Wildman–Crippen LogP) is 3.45. The molecule has 2 aromatic rings. The zero-order chi connectivity index (χ0) is 19.2. The first-order chi connectivity index (χ1) is 13.0. The molecule has 0 radical (unpaired) electrons. The van der Waals surface area contributed by atoms with E-state index in [1.54, 1.807) is 36.4 Å². The third-order valence-corrected chi connectivity index (χ3v) is 5.10. The average molecular weight is 364 g/mol. The van der Waals surface area contributed by atoms with Gasteiger partial charge < -0.3 is 4.74 Å². The van der Waals surface area contributed by atoms with Gasteiger partial charge in [-0.05, 0) is 36.6 Å². The molecule has 2 aliphatic rings. The number of urea groups is 1. The van der Waals surface area contributed by atoms with Crippen LogP contribution in [0.4, 0.5) is 10.5 Å². The molecule has 1 unspecified atom stereocenters. The number of hydrogen-bond acceptors (Lipinski definition) is 4. The van der Waals surface area contributed by atoms with E-state index in [2.05, 4.69) is 0 Å². The van der Waals surface area contributed by atoms with Crippen molar-refractivity contribution in [2.75, 3.05) is 11.4 Å². The molecule has 0 bridgehead atoms. The van der Waals surface area contributed by atoms with Crippen LogP contribution in [-0.4, -0.2) is 29.4 Å². The summed E-state index contributed by atoms with van der Waals surface area (Å²) in [7, 11) is 0. The molecule has 1 fully saturated rings. The fraction of sp³-hybridized carbons (Fsp3) is 0.286. The van der Waals surface area contributed by atoms with Crippen LogP contribution in [0.3, 0.4) is 0 Å². The number of ether oxygens (including phenoxy) is 1. The van der Waals surface area contributed by atoms with Crippen molar-refractivity contribution in [2.45, 2.75) is 32.4 Å². The van der Waals surface area contributed by atoms with Crippen molar-refractivity contribution < 1.29 is 19.1 Å². The number of benzene rings is 2. The number of fused-ring (bicyclic) bond motifs is 2. The highest BCUT2D eigenvalue weighted by molar-refractivity contribution is 6.24. The molecule has 138 valence electrons. The number of anilines is 1. The van der Waals surface area contributed by atoms with Crippen LogP contribution in [0.2, 0.25) is 0 Å². The summed E-state index contributed by atoms with van der Waals surface area (Å²) in [5, 5.41) is 0. The van der Waals surface area contributed by atoms with Gasteiger partial charge in [0.05, 0.1) is 11.3 Å². The van der Waals surface area contributed by atoms with Crippen LogP contribution >= 0.6 is 0 Å². The van der Waals surface area contributed by atoms with Crippen molar-refractivity contribution >= 4 is 23.6 Å². The lowest BCUT2D eigenvalue weighted by molar-refractivity contribution is -0.147. The van der Waals surface area contributed by atoms with Gasteiger partial charge in [0.25, 0.3) is 5.72 Å². The summed E-state index contributed by atoms with van der Waals surface area (Å²) in [6.45, 7) is 4.25. The highest BCUT2D eigenvalue weighted by Gasteiger charge is 2.65. The minimum absolute atomic E-state index is 0.301. The Kier molecular flexibility index (Phi) is 3.98. The number of esters is 1. The highest BCUT2D eigenvalue weighted by Crippen LogP contribution is 2.46. The maximum absolute atomic E-state index is 13.5. The fourth-order valence-corrected chi connectivity index (χ4v) is 3.75. The van der Waals surface area contributed by atoms with Crippen LogP contribution in [0, 0.1) is 0 Å². The Balaban J connectivity index is 1.86. The van der Waals surface area contributed by atoms with Gasteiger partial charge in [-0.25, -0.2) is 14.5 Å². The van der Waals surface area contributed by atoms with Gasteiger partial charge in [0.15, 0.2) is 0 Å². The minimum atomic E-state index is -1.72. The predicted molar refractivity (Wildman–Crippen MR) is 99.2 cm³/mol. The van der Waals surface area contributed by atoms with Gasteiger partial charge in [-0.15, -0.1) is 0 Å².